The molecule has 0 amide bonds. The first-order valence-electron chi connectivity index (χ1n) is 7.51. The molecule has 5 heteroatoms. The smallest absolute Gasteiger partial charge is 0.142 e. The third kappa shape index (κ3) is 3.07. The Morgan fingerprint density at radius 3 is 2.75 bits per heavy atom. The first kappa shape index (κ1) is 15.5. The zero-order valence-corrected chi connectivity index (χ0v) is 13.1. The summed E-state index contributed by atoms with van der Waals surface area (Å²) in [5.41, 5.74) is 7.53. The van der Waals surface area contributed by atoms with E-state index in [1.807, 2.05) is 14.0 Å². The van der Waals surface area contributed by atoms with Gasteiger partial charge in [0.2, 0.25) is 0 Å². The zero-order valence-electron chi connectivity index (χ0n) is 12.4. The van der Waals surface area contributed by atoms with Crippen LogP contribution in [-0.4, -0.2) is 22.1 Å². The highest BCUT2D eigenvalue weighted by atomic mass is 35.5. The molecule has 0 bridgehead atoms. The highest BCUT2D eigenvalue weighted by molar-refractivity contribution is 6.32. The minimum atomic E-state index is 0.102. The van der Waals surface area contributed by atoms with Crippen molar-refractivity contribution in [3.05, 3.63) is 16.4 Å². The first-order chi connectivity index (χ1) is 9.58. The topological polar surface area (TPSA) is 60.9 Å². The summed E-state index contributed by atoms with van der Waals surface area (Å²) in [6, 6.07) is 0. The van der Waals surface area contributed by atoms with Crippen molar-refractivity contribution in [1.29, 1.82) is 0 Å². The van der Waals surface area contributed by atoms with Crippen LogP contribution in [0.25, 0.3) is 0 Å². The number of carbonyl (C=O) groups excluding carboxylic acids is 1. The Morgan fingerprint density at radius 2 is 2.15 bits per heavy atom. The van der Waals surface area contributed by atoms with Crippen molar-refractivity contribution >= 4 is 17.4 Å². The van der Waals surface area contributed by atoms with E-state index in [0.29, 0.717) is 23.9 Å². The van der Waals surface area contributed by atoms with Gasteiger partial charge in [0.1, 0.15) is 5.78 Å². The molecule has 1 aromatic heterocycles. The van der Waals surface area contributed by atoms with Gasteiger partial charge >= 0.3 is 0 Å². The Morgan fingerprint density at radius 1 is 1.45 bits per heavy atom. The van der Waals surface area contributed by atoms with Crippen LogP contribution >= 0.6 is 11.6 Å². The minimum Gasteiger partial charge on any atom is -0.330 e. The van der Waals surface area contributed by atoms with Crippen molar-refractivity contribution in [3.63, 3.8) is 0 Å². The molecular weight excluding hydrogens is 274 g/mol. The van der Waals surface area contributed by atoms with Gasteiger partial charge in [0, 0.05) is 13.0 Å². The number of hydrogen-bond donors (Lipinski definition) is 1. The molecule has 1 aliphatic rings. The van der Waals surface area contributed by atoms with Crippen LogP contribution in [0.3, 0.4) is 0 Å². The van der Waals surface area contributed by atoms with Crippen molar-refractivity contribution in [1.82, 2.24) is 9.78 Å². The molecule has 1 aromatic rings. The monoisotopic (exact) mass is 297 g/mol. The number of aryl methyl sites for hydroxylation is 2. The predicted molar refractivity (Wildman–Crippen MR) is 80.8 cm³/mol. The molecule has 2 unspecified atom stereocenters. The molecule has 4 nitrogen and oxygen atoms in total. The van der Waals surface area contributed by atoms with Gasteiger partial charge in [-0.1, -0.05) is 31.4 Å². The molecule has 20 heavy (non-hydrogen) atoms. The number of nitrogens with two attached hydrogens (primary N) is 1. The van der Waals surface area contributed by atoms with Gasteiger partial charge in [-0.05, 0) is 31.7 Å². The van der Waals surface area contributed by atoms with Gasteiger partial charge in [0.05, 0.1) is 22.8 Å². The summed E-state index contributed by atoms with van der Waals surface area (Å²) in [7, 11) is 1.86. The van der Waals surface area contributed by atoms with Crippen molar-refractivity contribution in [2.45, 2.75) is 45.4 Å². The van der Waals surface area contributed by atoms with Gasteiger partial charge in [0.15, 0.2) is 0 Å². The van der Waals surface area contributed by atoms with E-state index in [-0.39, 0.29) is 11.7 Å². The number of ketones is 1. The fraction of sp³-hybridized carbons (Fsp3) is 0.733. The Hall–Kier alpha value is -0.870. The quantitative estimate of drug-likeness (QED) is 0.908. The lowest BCUT2D eigenvalue weighted by Crippen LogP contribution is -2.33. The van der Waals surface area contributed by atoms with Gasteiger partial charge in [-0.2, -0.15) is 5.10 Å². The molecule has 112 valence electrons. The molecule has 0 saturated heterocycles. The van der Waals surface area contributed by atoms with Gasteiger partial charge in [-0.25, -0.2) is 0 Å². The Bertz CT molecular complexity index is 484. The van der Waals surface area contributed by atoms with Crippen LogP contribution in [0.2, 0.25) is 5.02 Å². The van der Waals surface area contributed by atoms with E-state index in [2.05, 4.69) is 5.10 Å². The van der Waals surface area contributed by atoms with Crippen molar-refractivity contribution in [3.8, 4) is 0 Å². The molecule has 0 radical (unpaired) electrons. The summed E-state index contributed by atoms with van der Waals surface area (Å²) in [6.45, 7) is 2.63. The molecule has 0 aromatic carbocycles. The molecular formula is C15H24ClN3O. The summed E-state index contributed by atoms with van der Waals surface area (Å²) in [6.07, 6.45) is 5.53. The zero-order chi connectivity index (χ0) is 14.7. The number of aromatic nitrogens is 2. The molecule has 1 aliphatic carbocycles. The van der Waals surface area contributed by atoms with Crippen LogP contribution in [0.4, 0.5) is 0 Å². The molecule has 1 saturated carbocycles. The highest BCUT2D eigenvalue weighted by Gasteiger charge is 2.30. The average Bonchev–Trinajstić information content (AvgIpc) is 2.74. The van der Waals surface area contributed by atoms with Crippen LogP contribution in [0, 0.1) is 11.8 Å². The summed E-state index contributed by atoms with van der Waals surface area (Å²) in [4.78, 5) is 12.6. The largest absolute Gasteiger partial charge is 0.330 e. The van der Waals surface area contributed by atoms with E-state index >= 15 is 0 Å². The molecule has 2 N–H and O–H groups in total. The highest BCUT2D eigenvalue weighted by Crippen LogP contribution is 2.32. The summed E-state index contributed by atoms with van der Waals surface area (Å²) >= 11 is 6.32. The summed E-state index contributed by atoms with van der Waals surface area (Å²) in [5.74, 6) is 0.714. The maximum Gasteiger partial charge on any atom is 0.142 e. The number of Topliss-reactive ketones (excluding diaryl/α,β-unsaturated/α-hetero) is 1. The average molecular weight is 298 g/mol. The lowest BCUT2D eigenvalue weighted by molar-refractivity contribution is -0.124. The number of rotatable bonds is 5. The fourth-order valence-electron chi connectivity index (χ4n) is 3.22. The molecule has 1 heterocycles. The number of hydrogen-bond acceptors (Lipinski definition) is 3. The SMILES string of the molecule is CCc1nn(C)c(CC(=O)C2CCCCC2CN)c1Cl. The fourth-order valence-corrected chi connectivity index (χ4v) is 3.58. The normalized spacial score (nSPS) is 23.0. The van der Waals surface area contributed by atoms with E-state index in [9.17, 15) is 4.79 Å². The Labute approximate surface area is 125 Å². The number of halogens is 1. The van der Waals surface area contributed by atoms with Gasteiger partial charge in [-0.3, -0.25) is 9.48 Å². The van der Waals surface area contributed by atoms with Gasteiger partial charge < -0.3 is 5.73 Å². The van der Waals surface area contributed by atoms with Crippen LogP contribution in [0.15, 0.2) is 0 Å². The van der Waals surface area contributed by atoms with E-state index < -0.39 is 0 Å². The van der Waals surface area contributed by atoms with Crippen LogP contribution in [-0.2, 0) is 24.7 Å². The molecule has 2 rings (SSSR count). The van der Waals surface area contributed by atoms with Crippen molar-refractivity contribution in [2.24, 2.45) is 24.6 Å². The molecule has 1 fully saturated rings. The van der Waals surface area contributed by atoms with E-state index in [1.165, 1.54) is 6.42 Å². The maximum absolute atomic E-state index is 12.6. The second-order valence-electron chi connectivity index (χ2n) is 5.71. The number of carbonyl (C=O) groups is 1. The van der Waals surface area contributed by atoms with Gasteiger partial charge in [-0.15, -0.1) is 0 Å². The molecule has 0 spiro atoms. The van der Waals surface area contributed by atoms with Gasteiger partial charge in [0.25, 0.3) is 0 Å². The van der Waals surface area contributed by atoms with Crippen LogP contribution < -0.4 is 5.73 Å². The van der Waals surface area contributed by atoms with Crippen molar-refractivity contribution < 1.29 is 4.79 Å². The predicted octanol–water partition coefficient (Wildman–Crippen LogP) is 2.51. The molecule has 0 aliphatic heterocycles. The second-order valence-corrected chi connectivity index (χ2v) is 6.09. The summed E-state index contributed by atoms with van der Waals surface area (Å²) < 4.78 is 1.75. The Balaban J connectivity index is 2.13. The Kier molecular flexibility index (Phi) is 5.22. The first-order valence-corrected chi connectivity index (χ1v) is 7.89. The van der Waals surface area contributed by atoms with E-state index in [0.717, 1.165) is 37.1 Å². The lowest BCUT2D eigenvalue weighted by Gasteiger charge is -2.29. The van der Waals surface area contributed by atoms with E-state index in [1.54, 1.807) is 4.68 Å². The van der Waals surface area contributed by atoms with Crippen LogP contribution in [0.1, 0.15) is 44.0 Å². The third-order valence-electron chi connectivity index (χ3n) is 4.47. The molecule has 2 atom stereocenters. The number of nitrogens with zero attached hydrogens (tertiary/aromatic N) is 2. The van der Waals surface area contributed by atoms with Crippen molar-refractivity contribution in [2.75, 3.05) is 6.54 Å². The summed E-state index contributed by atoms with van der Waals surface area (Å²) in [5, 5.41) is 5.03. The maximum atomic E-state index is 12.6. The van der Waals surface area contributed by atoms with Crippen LogP contribution in [0.5, 0.6) is 0 Å². The lowest BCUT2D eigenvalue weighted by atomic mass is 9.76. The minimum absolute atomic E-state index is 0.102. The second kappa shape index (κ2) is 6.72. The standard InChI is InChI=1S/C15H24ClN3O/c1-3-12-15(16)13(19(2)18-12)8-14(20)11-7-5-4-6-10(11)9-17/h10-11H,3-9,17H2,1-2H3. The third-order valence-corrected chi connectivity index (χ3v) is 4.91. The van der Waals surface area contributed by atoms with E-state index in [4.69, 9.17) is 17.3 Å².